The van der Waals surface area contributed by atoms with Gasteiger partial charge in [0, 0.05) is 5.56 Å². The van der Waals surface area contributed by atoms with Crippen molar-refractivity contribution in [1.82, 2.24) is 15.0 Å². The number of benzene rings is 1. The van der Waals surface area contributed by atoms with Gasteiger partial charge in [0.2, 0.25) is 11.8 Å². The second kappa shape index (κ2) is 8.99. The standard InChI is InChI=1S/C23H23F3N4O4S/c1-6-22(7-2)17-16(13-9-8-12(23(24,25)26)10-14(13)34-22)29-21(35-17)30-18(31)15-19(32-4)27-11(3)28-20(15)33-5/h8-10H,6-7H2,1-5H3,(H,29,30,31). The van der Waals surface area contributed by atoms with Crippen LogP contribution in [0.1, 0.15) is 53.3 Å². The highest BCUT2D eigenvalue weighted by atomic mass is 32.1. The predicted octanol–water partition coefficient (Wildman–Crippen LogP) is 5.60. The minimum Gasteiger partial charge on any atom is -0.481 e. The van der Waals surface area contributed by atoms with E-state index in [1.165, 1.54) is 31.6 Å². The lowest BCUT2D eigenvalue weighted by Gasteiger charge is -2.36. The van der Waals surface area contributed by atoms with Gasteiger partial charge in [0.05, 0.1) is 30.4 Å². The lowest BCUT2D eigenvalue weighted by atomic mass is 9.89. The second-order valence-corrected chi connectivity index (χ2v) is 8.83. The average Bonchev–Trinajstić information content (AvgIpc) is 3.26. The third-order valence-corrected chi connectivity index (χ3v) is 7.00. The van der Waals surface area contributed by atoms with E-state index in [1.54, 1.807) is 6.92 Å². The van der Waals surface area contributed by atoms with Gasteiger partial charge in [-0.3, -0.25) is 10.1 Å². The predicted molar refractivity (Wildman–Crippen MR) is 123 cm³/mol. The third-order valence-electron chi connectivity index (χ3n) is 5.84. The maximum Gasteiger partial charge on any atom is 0.416 e. The van der Waals surface area contributed by atoms with Crippen LogP contribution in [0.4, 0.5) is 18.3 Å². The van der Waals surface area contributed by atoms with Crippen LogP contribution in [0.3, 0.4) is 0 Å². The number of fused-ring (bicyclic) bond motifs is 3. The summed E-state index contributed by atoms with van der Waals surface area (Å²) in [5.41, 5.74) is -0.782. The first kappa shape index (κ1) is 24.7. The Kier molecular flexibility index (Phi) is 6.34. The van der Waals surface area contributed by atoms with Gasteiger partial charge >= 0.3 is 6.18 Å². The fourth-order valence-corrected chi connectivity index (χ4v) is 5.23. The molecule has 1 aliphatic heterocycles. The van der Waals surface area contributed by atoms with Crippen LogP contribution in [0.25, 0.3) is 11.3 Å². The highest BCUT2D eigenvalue weighted by Gasteiger charge is 2.43. The van der Waals surface area contributed by atoms with Crippen molar-refractivity contribution in [2.75, 3.05) is 19.5 Å². The van der Waals surface area contributed by atoms with E-state index >= 15 is 0 Å². The number of amides is 1. The topological polar surface area (TPSA) is 95.5 Å². The molecule has 12 heteroatoms. The Bertz CT molecular complexity index is 1260. The normalized spacial score (nSPS) is 13.9. The number of anilines is 1. The third kappa shape index (κ3) is 4.26. The fraction of sp³-hybridized carbons (Fsp3) is 0.391. The Morgan fingerprint density at radius 2 is 1.74 bits per heavy atom. The zero-order chi connectivity index (χ0) is 25.5. The molecule has 1 amide bonds. The molecule has 0 saturated heterocycles. The maximum atomic E-state index is 13.3. The quantitative estimate of drug-likeness (QED) is 0.463. The van der Waals surface area contributed by atoms with Crippen molar-refractivity contribution in [2.24, 2.45) is 0 Å². The highest BCUT2D eigenvalue weighted by Crippen LogP contribution is 2.52. The summed E-state index contributed by atoms with van der Waals surface area (Å²) in [5, 5.41) is 2.97. The number of alkyl halides is 3. The molecule has 1 N–H and O–H groups in total. The number of hydrogen-bond donors (Lipinski definition) is 1. The Hall–Kier alpha value is -3.41. The first-order valence-electron chi connectivity index (χ1n) is 10.8. The smallest absolute Gasteiger partial charge is 0.416 e. The Balaban J connectivity index is 1.79. The van der Waals surface area contributed by atoms with Gasteiger partial charge in [-0.05, 0) is 38.0 Å². The molecule has 0 bridgehead atoms. The van der Waals surface area contributed by atoms with Crippen molar-refractivity contribution in [3.05, 3.63) is 40.0 Å². The number of halogens is 3. The van der Waals surface area contributed by atoms with Crippen LogP contribution >= 0.6 is 11.3 Å². The number of thiazole rings is 1. The van der Waals surface area contributed by atoms with Gasteiger partial charge in [0.1, 0.15) is 17.2 Å². The molecule has 8 nitrogen and oxygen atoms in total. The summed E-state index contributed by atoms with van der Waals surface area (Å²) in [6.45, 7) is 5.42. The fourth-order valence-electron chi connectivity index (χ4n) is 3.99. The summed E-state index contributed by atoms with van der Waals surface area (Å²) < 4.78 is 56.6. The van der Waals surface area contributed by atoms with Crippen LogP contribution in [0.5, 0.6) is 17.5 Å². The molecule has 2 aromatic heterocycles. The van der Waals surface area contributed by atoms with Crippen LogP contribution in [0.15, 0.2) is 18.2 Å². The Morgan fingerprint density at radius 1 is 1.11 bits per heavy atom. The van der Waals surface area contributed by atoms with E-state index in [0.717, 1.165) is 17.0 Å². The monoisotopic (exact) mass is 508 g/mol. The molecule has 0 aliphatic carbocycles. The van der Waals surface area contributed by atoms with Gasteiger partial charge in [0.15, 0.2) is 10.7 Å². The molecule has 35 heavy (non-hydrogen) atoms. The van der Waals surface area contributed by atoms with Crippen LogP contribution in [0.2, 0.25) is 0 Å². The molecule has 0 unspecified atom stereocenters. The number of ether oxygens (including phenoxy) is 3. The van der Waals surface area contributed by atoms with Gasteiger partial charge in [-0.15, -0.1) is 0 Å². The molecule has 3 aromatic rings. The minimum absolute atomic E-state index is 0.00233. The molecule has 4 rings (SSSR count). The van der Waals surface area contributed by atoms with Crippen molar-refractivity contribution in [3.8, 4) is 28.8 Å². The van der Waals surface area contributed by atoms with Crippen LogP contribution in [0, 0.1) is 6.92 Å². The summed E-state index contributed by atoms with van der Waals surface area (Å²) in [4.78, 5) is 26.7. The van der Waals surface area contributed by atoms with E-state index in [1.807, 2.05) is 13.8 Å². The van der Waals surface area contributed by atoms with E-state index in [9.17, 15) is 18.0 Å². The first-order valence-corrected chi connectivity index (χ1v) is 11.6. The van der Waals surface area contributed by atoms with E-state index in [4.69, 9.17) is 14.2 Å². The van der Waals surface area contributed by atoms with Gasteiger partial charge in [0.25, 0.3) is 5.91 Å². The van der Waals surface area contributed by atoms with Crippen molar-refractivity contribution in [1.29, 1.82) is 0 Å². The molecule has 0 fully saturated rings. The molecular weight excluding hydrogens is 485 g/mol. The number of carbonyl (C=O) groups is 1. The van der Waals surface area contributed by atoms with Crippen LogP contribution in [-0.4, -0.2) is 35.1 Å². The molecule has 1 aromatic carbocycles. The number of carbonyl (C=O) groups excluding carboxylic acids is 1. The van der Waals surface area contributed by atoms with Crippen molar-refractivity contribution < 1.29 is 32.2 Å². The van der Waals surface area contributed by atoms with E-state index in [2.05, 4.69) is 20.3 Å². The minimum atomic E-state index is -4.50. The molecule has 186 valence electrons. The largest absolute Gasteiger partial charge is 0.481 e. The highest BCUT2D eigenvalue weighted by molar-refractivity contribution is 7.16. The van der Waals surface area contributed by atoms with Crippen LogP contribution in [-0.2, 0) is 11.8 Å². The Morgan fingerprint density at radius 3 is 2.29 bits per heavy atom. The van der Waals surface area contributed by atoms with Gasteiger partial charge in [-0.1, -0.05) is 25.2 Å². The van der Waals surface area contributed by atoms with Gasteiger partial charge in [-0.2, -0.15) is 23.1 Å². The van der Waals surface area contributed by atoms with E-state index in [-0.39, 0.29) is 28.2 Å². The van der Waals surface area contributed by atoms with Gasteiger partial charge in [-0.25, -0.2) is 4.98 Å². The maximum absolute atomic E-state index is 13.3. The SMILES string of the molecule is CCC1(CC)Oc2cc(C(F)(F)F)ccc2-c2nc(NC(=O)c3c(OC)nc(C)nc3OC)sc21. The number of hydrogen-bond acceptors (Lipinski definition) is 8. The molecule has 3 heterocycles. The van der Waals surface area contributed by atoms with Crippen LogP contribution < -0.4 is 19.5 Å². The zero-order valence-corrected chi connectivity index (χ0v) is 20.5. The summed E-state index contributed by atoms with van der Waals surface area (Å²) in [5.74, 6) is -0.0509. The summed E-state index contributed by atoms with van der Waals surface area (Å²) >= 11 is 1.21. The molecule has 0 atom stereocenters. The van der Waals surface area contributed by atoms with Crippen molar-refractivity contribution in [2.45, 2.75) is 45.4 Å². The number of methoxy groups -OCH3 is 2. The molecule has 0 spiro atoms. The average molecular weight is 509 g/mol. The second-order valence-electron chi connectivity index (χ2n) is 7.83. The first-order chi connectivity index (χ1) is 16.6. The number of nitrogens with one attached hydrogen (secondary N) is 1. The molecule has 0 radical (unpaired) electrons. The number of nitrogens with zero attached hydrogens (tertiary/aromatic N) is 3. The number of aromatic nitrogens is 3. The lowest BCUT2D eigenvalue weighted by Crippen LogP contribution is -2.34. The number of aryl methyl sites for hydroxylation is 1. The van der Waals surface area contributed by atoms with E-state index in [0.29, 0.717) is 29.9 Å². The molecular formula is C23H23F3N4O4S. The number of rotatable bonds is 6. The summed E-state index contributed by atoms with van der Waals surface area (Å²) in [7, 11) is 2.75. The summed E-state index contributed by atoms with van der Waals surface area (Å²) in [6.07, 6.45) is -3.51. The summed E-state index contributed by atoms with van der Waals surface area (Å²) in [6, 6.07) is 3.33. The van der Waals surface area contributed by atoms with Crippen molar-refractivity contribution >= 4 is 22.4 Å². The van der Waals surface area contributed by atoms with Crippen molar-refractivity contribution in [3.63, 3.8) is 0 Å². The molecule has 0 saturated carbocycles. The lowest BCUT2D eigenvalue weighted by molar-refractivity contribution is -0.137. The molecule has 1 aliphatic rings. The van der Waals surface area contributed by atoms with E-state index < -0.39 is 23.2 Å². The Labute approximate surface area is 203 Å². The van der Waals surface area contributed by atoms with Gasteiger partial charge < -0.3 is 14.2 Å². The zero-order valence-electron chi connectivity index (χ0n) is 19.7.